The van der Waals surface area contributed by atoms with E-state index in [1.54, 1.807) is 18.5 Å². The second kappa shape index (κ2) is 44.7. The molecule has 0 rings (SSSR count). The zero-order valence-electron chi connectivity index (χ0n) is 21.7. The van der Waals surface area contributed by atoms with Gasteiger partial charge in [0.05, 0.1) is 0 Å². The average molecular weight is 598 g/mol. The minimum atomic E-state index is -0.106. The van der Waals surface area contributed by atoms with E-state index in [2.05, 4.69) is 48.5 Å². The Balaban J connectivity index is -0.000000172. The zero-order valence-corrected chi connectivity index (χ0v) is 26.7. The van der Waals surface area contributed by atoms with Crippen molar-refractivity contribution >= 4 is 35.6 Å². The number of halogens is 2. The van der Waals surface area contributed by atoms with Crippen LogP contribution in [0.5, 0.6) is 0 Å². The van der Waals surface area contributed by atoms with Crippen molar-refractivity contribution < 1.29 is 15.9 Å². The molecule has 0 fully saturated rings. The molecule has 0 saturated heterocycles. The van der Waals surface area contributed by atoms with Crippen LogP contribution < -0.4 is 0 Å². The van der Waals surface area contributed by atoms with Crippen molar-refractivity contribution in [1.29, 1.82) is 0 Å². The fourth-order valence-corrected chi connectivity index (χ4v) is 6.98. The summed E-state index contributed by atoms with van der Waals surface area (Å²) >= 11 is -0.106. The third kappa shape index (κ3) is 52.2. The first-order chi connectivity index (χ1) is 14.6. The Morgan fingerprint density at radius 1 is 0.500 bits per heavy atom. The first kappa shape index (κ1) is 39.3. The van der Waals surface area contributed by atoms with E-state index in [1.165, 1.54) is 104 Å². The number of hydrogen-bond donors (Lipinski definition) is 0. The van der Waals surface area contributed by atoms with Crippen LogP contribution in [0.2, 0.25) is 0 Å². The van der Waals surface area contributed by atoms with Crippen molar-refractivity contribution in [1.82, 2.24) is 0 Å². The fourth-order valence-electron chi connectivity index (χ4n) is 2.56. The topological polar surface area (TPSA) is 0 Å². The number of hydrogen-bond acceptors (Lipinski definition) is 0. The zero-order chi connectivity index (χ0) is 23.7. The molecule has 0 aliphatic rings. The van der Waals surface area contributed by atoms with Crippen molar-refractivity contribution in [3.8, 4) is 0 Å². The molecule has 0 nitrogen and oxygen atoms in total. The van der Waals surface area contributed by atoms with Crippen LogP contribution in [0.1, 0.15) is 132 Å². The molecule has 5 heteroatoms. The molecule has 0 aromatic heterocycles. The predicted octanol–water partition coefficient (Wildman–Crippen LogP) is 11.7. The van der Waals surface area contributed by atoms with Crippen LogP contribution in [0.15, 0.2) is 0 Å². The maximum atomic E-state index is 4.81. The van der Waals surface area contributed by atoms with E-state index in [0.717, 1.165) is 0 Å². The Bertz CT molecular complexity index is 208. The molecule has 0 amide bonds. The van der Waals surface area contributed by atoms with Gasteiger partial charge in [-0.05, 0) is 62.9 Å². The Hall–Kier alpha value is 2.10. The first-order valence-electron chi connectivity index (χ1n) is 12.8. The summed E-state index contributed by atoms with van der Waals surface area (Å²) < 4.78 is 0. The molecule has 0 aromatic carbocycles. The Labute approximate surface area is 213 Å². The summed E-state index contributed by atoms with van der Waals surface area (Å²) in [5, 5.41) is 0. The van der Waals surface area contributed by atoms with Gasteiger partial charge < -0.3 is 0 Å². The van der Waals surface area contributed by atoms with Crippen molar-refractivity contribution in [3.63, 3.8) is 0 Å². The Kier molecular flexibility index (Phi) is 58.6. The second-order valence-electron chi connectivity index (χ2n) is 7.76. The predicted molar refractivity (Wildman–Crippen MR) is 151 cm³/mol. The fraction of sp³-hybridized carbons (Fsp3) is 1.00. The quantitative estimate of drug-likeness (QED) is 0.0888. The molecule has 192 valence electrons. The Morgan fingerprint density at radius 2 is 0.767 bits per heavy atom. The van der Waals surface area contributed by atoms with E-state index in [0.29, 0.717) is 7.92 Å². The summed E-state index contributed by atoms with van der Waals surface area (Å²) in [4.78, 5) is 0. The Morgan fingerprint density at radius 3 is 0.967 bits per heavy atom. The average Bonchev–Trinajstić information content (AvgIpc) is 2.75. The molecular weight excluding hydrogens is 540 g/mol. The molecule has 0 heterocycles. The van der Waals surface area contributed by atoms with Gasteiger partial charge in [-0.3, -0.25) is 0 Å². The van der Waals surface area contributed by atoms with Gasteiger partial charge in [0.1, 0.15) is 0 Å². The number of unbranched alkanes of at least 4 members (excludes halogenated alkanes) is 7. The van der Waals surface area contributed by atoms with Gasteiger partial charge in [0, 0.05) is 0 Å². The maximum absolute atomic E-state index is 4.81. The monoisotopic (exact) mass is 596 g/mol. The second-order valence-corrected chi connectivity index (χ2v) is 14.3. The van der Waals surface area contributed by atoms with E-state index < -0.39 is 0 Å². The molecule has 0 aliphatic carbocycles. The van der Waals surface area contributed by atoms with Crippen LogP contribution in [-0.4, -0.2) is 30.8 Å². The van der Waals surface area contributed by atoms with E-state index >= 15 is 0 Å². The van der Waals surface area contributed by atoms with Crippen LogP contribution in [0, 0.1) is 0 Å². The first-order valence-corrected chi connectivity index (χ1v) is 20.2. The van der Waals surface area contributed by atoms with Gasteiger partial charge in [0.2, 0.25) is 0 Å². The summed E-state index contributed by atoms with van der Waals surface area (Å²) in [7, 11) is 11.3. The van der Waals surface area contributed by atoms with Crippen LogP contribution in [-0.2, 0) is 15.9 Å². The summed E-state index contributed by atoms with van der Waals surface area (Å²) in [6.07, 6.45) is 25.9. The van der Waals surface area contributed by atoms with Crippen molar-refractivity contribution in [2.75, 3.05) is 30.8 Å². The van der Waals surface area contributed by atoms with Crippen molar-refractivity contribution in [2.24, 2.45) is 0 Å². The van der Waals surface area contributed by atoms with Gasteiger partial charge in [0.15, 0.2) is 0 Å². The molecule has 0 aliphatic heterocycles. The van der Waals surface area contributed by atoms with Crippen molar-refractivity contribution in [2.45, 2.75) is 132 Å². The summed E-state index contributed by atoms with van der Waals surface area (Å²) in [5.41, 5.74) is 0. The van der Waals surface area contributed by atoms with Crippen LogP contribution >= 0.6 is 35.6 Å². The number of rotatable bonds is 17. The normalized spacial score (nSPS) is 9.93. The third-order valence-corrected chi connectivity index (χ3v) is 8.87. The summed E-state index contributed by atoms with van der Waals surface area (Å²) in [6.45, 7) is 15.9. The van der Waals surface area contributed by atoms with Gasteiger partial charge in [-0.2, -0.15) is 0 Å². The van der Waals surface area contributed by atoms with Crippen LogP contribution in [0.25, 0.3) is 0 Å². The molecule has 30 heavy (non-hydrogen) atoms. The molecule has 0 spiro atoms. The van der Waals surface area contributed by atoms with E-state index in [4.69, 9.17) is 19.1 Å². The third-order valence-electron chi connectivity index (χ3n) is 4.61. The van der Waals surface area contributed by atoms with Gasteiger partial charge in [-0.1, -0.05) is 99.8 Å². The standard InChI is InChI=1S/C12H27P.C8H19P.C5H12.2ClH.Pd/c1-4-7-10-13(11-8-5-2)12-9-6-3;1-3-5-7-9-8-6-4-2;1-3-5-4-2;;;/h4-12H2,1-3H3;9H,3-8H2,1-2H3;3-5H2,1-2H3;2*1H;/q;;;;;+2/p-2. The van der Waals surface area contributed by atoms with Crippen LogP contribution in [0.3, 0.4) is 0 Å². The van der Waals surface area contributed by atoms with Gasteiger partial charge in [-0.15, -0.1) is 16.5 Å². The molecule has 0 atom stereocenters. The molecule has 0 N–H and O–H groups in total. The van der Waals surface area contributed by atoms with E-state index in [-0.39, 0.29) is 15.9 Å². The molecular formula is C25H58Cl2P2Pd. The van der Waals surface area contributed by atoms with Crippen LogP contribution in [0.4, 0.5) is 0 Å². The molecule has 0 radical (unpaired) electrons. The molecule has 0 aromatic rings. The molecule has 0 unspecified atom stereocenters. The SMILES string of the molecule is CCCCC.CCCCP(CCCC)CCCC.CCCCPCCCC.[Cl][Pd][Cl]. The molecule has 0 bridgehead atoms. The van der Waals surface area contributed by atoms with Crippen molar-refractivity contribution in [3.05, 3.63) is 0 Å². The minimum absolute atomic E-state index is 0.106. The summed E-state index contributed by atoms with van der Waals surface area (Å²) in [5.74, 6) is 0. The molecule has 0 saturated carbocycles. The summed E-state index contributed by atoms with van der Waals surface area (Å²) in [6, 6.07) is 0. The van der Waals surface area contributed by atoms with Gasteiger partial charge >= 0.3 is 35.0 Å². The van der Waals surface area contributed by atoms with Gasteiger partial charge in [0.25, 0.3) is 0 Å². The van der Waals surface area contributed by atoms with Gasteiger partial charge in [-0.25, -0.2) is 0 Å². The van der Waals surface area contributed by atoms with E-state index in [1.807, 2.05) is 0 Å². The van der Waals surface area contributed by atoms with E-state index in [9.17, 15) is 0 Å².